The first-order chi connectivity index (χ1) is 12.5. The van der Waals surface area contributed by atoms with Crippen LogP contribution in [0.5, 0.6) is 0 Å². The largest absolute Gasteiger partial charge is 0.383 e. The lowest BCUT2D eigenvalue weighted by molar-refractivity contribution is 0.0979. The molecule has 1 aromatic heterocycles. The molecule has 8 nitrogen and oxygen atoms in total. The number of rotatable bonds is 7. The van der Waals surface area contributed by atoms with Crippen molar-refractivity contribution in [1.82, 2.24) is 15.1 Å². The molecule has 160 valence electrons. The highest BCUT2D eigenvalue weighted by Gasteiger charge is 2.34. The van der Waals surface area contributed by atoms with Crippen LogP contribution in [0.1, 0.15) is 31.8 Å². The Hall–Kier alpha value is -1.97. The maximum absolute atomic E-state index is 13.1. The van der Waals surface area contributed by atoms with Crippen molar-refractivity contribution in [3.8, 4) is 0 Å². The fraction of sp³-hybridized carbons (Fsp3) is 0.333. The zero-order valence-electron chi connectivity index (χ0n) is 16.1. The lowest BCUT2D eigenvalue weighted by atomic mass is 9.83. The number of halogens is 3. The summed E-state index contributed by atoms with van der Waals surface area (Å²) in [7, 11) is 3.95. The van der Waals surface area contributed by atoms with Crippen molar-refractivity contribution in [3.63, 3.8) is 0 Å². The molecule has 29 heavy (non-hydrogen) atoms. The quantitative estimate of drug-likeness (QED) is 0.486. The predicted molar refractivity (Wildman–Crippen MR) is 122 cm³/mol. The molecule has 0 atom stereocenters. The van der Waals surface area contributed by atoms with Gasteiger partial charge in [-0.05, 0) is 26.2 Å². The molecule has 4 N–H and O–H groups in total. The number of nitrogens with two attached hydrogens (primary N) is 1. The van der Waals surface area contributed by atoms with Crippen LogP contribution in [0.3, 0.4) is 0 Å². The van der Waals surface area contributed by atoms with Gasteiger partial charge in [-0.1, -0.05) is 0 Å². The Morgan fingerprint density at radius 2 is 1.31 bits per heavy atom. The number of carbonyl (C=O) groups is 2. The van der Waals surface area contributed by atoms with Gasteiger partial charge in [-0.25, -0.2) is 0 Å². The first-order valence-corrected chi connectivity index (χ1v) is 8.44. The minimum absolute atomic E-state index is 0. The highest BCUT2D eigenvalue weighted by molar-refractivity contribution is 6.31. The van der Waals surface area contributed by atoms with Crippen LogP contribution < -0.4 is 16.4 Å². The summed E-state index contributed by atoms with van der Waals surface area (Å²) in [5, 5.41) is 13.9. The fourth-order valence-corrected chi connectivity index (χ4v) is 2.94. The van der Waals surface area contributed by atoms with Gasteiger partial charge in [-0.15, -0.1) is 37.2 Å². The molecule has 1 aromatic carbocycles. The van der Waals surface area contributed by atoms with Gasteiger partial charge in [-0.3, -0.25) is 9.59 Å². The van der Waals surface area contributed by atoms with E-state index in [-0.39, 0.29) is 59.9 Å². The molecular weight excluding hydrogens is 439 g/mol. The molecule has 1 aliphatic rings. The topological polar surface area (TPSA) is 113 Å². The first-order valence-electron chi connectivity index (χ1n) is 8.44. The maximum atomic E-state index is 13.1. The Balaban J connectivity index is 0.00000261. The van der Waals surface area contributed by atoms with Crippen LogP contribution >= 0.6 is 37.2 Å². The van der Waals surface area contributed by atoms with Crippen LogP contribution in [-0.4, -0.2) is 66.9 Å². The standard InChI is InChI=1S/C18H22N6O2.3ClH/c1-24(2)8-7-21-14-4-3-13(20-6-5-19)15-16(14)18(26)12-10-23-22-9-11(12)17(15)25;;;/h3-4,9-10,20-21H,5-8,19H2,1-2H3;3*1H. The van der Waals surface area contributed by atoms with E-state index in [0.29, 0.717) is 42.1 Å². The Kier molecular flexibility index (Phi) is 11.1. The summed E-state index contributed by atoms with van der Waals surface area (Å²) in [6, 6.07) is 3.62. The summed E-state index contributed by atoms with van der Waals surface area (Å²) in [5.74, 6) is -0.464. The number of likely N-dealkylation sites (N-methyl/N-ethyl adjacent to an activating group) is 1. The van der Waals surface area contributed by atoms with Gasteiger partial charge < -0.3 is 21.3 Å². The molecule has 11 heteroatoms. The van der Waals surface area contributed by atoms with E-state index in [1.165, 1.54) is 12.4 Å². The summed E-state index contributed by atoms with van der Waals surface area (Å²) in [5.41, 5.74) is 8.10. The lowest BCUT2D eigenvalue weighted by Crippen LogP contribution is -2.27. The molecular formula is C18H25Cl3N6O2. The summed E-state index contributed by atoms with van der Waals surface area (Å²) in [6.07, 6.45) is 2.69. The highest BCUT2D eigenvalue weighted by atomic mass is 35.5. The van der Waals surface area contributed by atoms with Crippen molar-refractivity contribution >= 4 is 60.2 Å². The van der Waals surface area contributed by atoms with Crippen molar-refractivity contribution in [2.75, 3.05) is 50.9 Å². The van der Waals surface area contributed by atoms with E-state index in [4.69, 9.17) is 5.73 Å². The van der Waals surface area contributed by atoms with Crippen LogP contribution in [0.2, 0.25) is 0 Å². The van der Waals surface area contributed by atoms with E-state index < -0.39 is 0 Å². The molecule has 2 aromatic rings. The van der Waals surface area contributed by atoms with Gasteiger partial charge in [0.15, 0.2) is 11.6 Å². The lowest BCUT2D eigenvalue weighted by Gasteiger charge is -2.23. The van der Waals surface area contributed by atoms with Crippen LogP contribution in [-0.2, 0) is 0 Å². The average Bonchev–Trinajstić information content (AvgIpc) is 2.64. The van der Waals surface area contributed by atoms with Gasteiger partial charge in [0, 0.05) is 37.6 Å². The monoisotopic (exact) mass is 462 g/mol. The highest BCUT2D eigenvalue weighted by Crippen LogP contribution is 2.35. The molecule has 0 bridgehead atoms. The summed E-state index contributed by atoms with van der Waals surface area (Å²) < 4.78 is 0. The molecule has 0 spiro atoms. The Bertz CT molecular complexity index is 863. The summed E-state index contributed by atoms with van der Waals surface area (Å²) in [6.45, 7) is 2.37. The number of anilines is 2. The molecule has 0 fully saturated rings. The van der Waals surface area contributed by atoms with Crippen LogP contribution in [0.25, 0.3) is 0 Å². The number of carbonyl (C=O) groups excluding carboxylic acids is 2. The smallest absolute Gasteiger partial charge is 0.198 e. The predicted octanol–water partition coefficient (Wildman–Crippen LogP) is 1.86. The van der Waals surface area contributed by atoms with E-state index in [0.717, 1.165) is 6.54 Å². The minimum Gasteiger partial charge on any atom is -0.383 e. The molecule has 0 unspecified atom stereocenters. The van der Waals surface area contributed by atoms with Crippen LogP contribution in [0.4, 0.5) is 11.4 Å². The number of aromatic nitrogens is 2. The van der Waals surface area contributed by atoms with E-state index in [9.17, 15) is 9.59 Å². The Morgan fingerprint density at radius 1 is 0.862 bits per heavy atom. The zero-order chi connectivity index (χ0) is 18.7. The van der Waals surface area contributed by atoms with Crippen LogP contribution in [0, 0.1) is 0 Å². The van der Waals surface area contributed by atoms with Crippen molar-refractivity contribution < 1.29 is 9.59 Å². The average molecular weight is 464 g/mol. The molecule has 0 aliphatic heterocycles. The van der Waals surface area contributed by atoms with Crippen molar-refractivity contribution in [1.29, 1.82) is 0 Å². The van der Waals surface area contributed by atoms with Crippen molar-refractivity contribution in [3.05, 3.63) is 46.8 Å². The SMILES string of the molecule is CN(C)CCNc1ccc(NCCN)c2c1C(=O)c1cnncc1C2=O.Cl.Cl.Cl. The Labute approximate surface area is 188 Å². The van der Waals surface area contributed by atoms with Gasteiger partial charge in [0.05, 0.1) is 34.6 Å². The molecule has 1 heterocycles. The normalized spacial score (nSPS) is 11.4. The number of fused-ring (bicyclic) bond motifs is 2. The van der Waals surface area contributed by atoms with Crippen molar-refractivity contribution in [2.24, 2.45) is 5.73 Å². The van der Waals surface area contributed by atoms with E-state index in [2.05, 4.69) is 20.8 Å². The van der Waals surface area contributed by atoms with Crippen molar-refractivity contribution in [2.45, 2.75) is 0 Å². The number of nitrogens with one attached hydrogen (secondary N) is 2. The maximum Gasteiger partial charge on any atom is 0.198 e. The number of nitrogens with zero attached hydrogens (tertiary/aromatic N) is 3. The first kappa shape index (κ1) is 27.0. The number of ketones is 2. The fourth-order valence-electron chi connectivity index (χ4n) is 2.94. The van der Waals surface area contributed by atoms with E-state index in [1.54, 1.807) is 6.07 Å². The van der Waals surface area contributed by atoms with Gasteiger partial charge in [0.1, 0.15) is 0 Å². The third-order valence-corrected chi connectivity index (χ3v) is 4.21. The van der Waals surface area contributed by atoms with Gasteiger partial charge in [-0.2, -0.15) is 10.2 Å². The molecule has 0 saturated carbocycles. The molecule has 1 aliphatic carbocycles. The molecule has 0 saturated heterocycles. The third kappa shape index (κ3) is 5.55. The zero-order valence-corrected chi connectivity index (χ0v) is 18.5. The second-order valence-electron chi connectivity index (χ2n) is 6.33. The number of benzene rings is 1. The minimum atomic E-state index is -0.236. The van der Waals surface area contributed by atoms with E-state index in [1.807, 2.05) is 25.1 Å². The van der Waals surface area contributed by atoms with E-state index >= 15 is 0 Å². The van der Waals surface area contributed by atoms with Gasteiger partial charge >= 0.3 is 0 Å². The second kappa shape index (κ2) is 11.9. The number of hydrogen-bond donors (Lipinski definition) is 3. The molecule has 3 rings (SSSR count). The van der Waals surface area contributed by atoms with Crippen LogP contribution in [0.15, 0.2) is 24.5 Å². The van der Waals surface area contributed by atoms with Gasteiger partial charge in [0.25, 0.3) is 0 Å². The summed E-state index contributed by atoms with van der Waals surface area (Å²) >= 11 is 0. The second-order valence-corrected chi connectivity index (χ2v) is 6.33. The molecule has 0 radical (unpaired) electrons. The van der Waals surface area contributed by atoms with Gasteiger partial charge in [0.2, 0.25) is 0 Å². The Morgan fingerprint density at radius 3 is 1.72 bits per heavy atom. The number of hydrogen-bond acceptors (Lipinski definition) is 8. The molecule has 0 amide bonds. The third-order valence-electron chi connectivity index (χ3n) is 4.21. The summed E-state index contributed by atoms with van der Waals surface area (Å²) in [4.78, 5) is 28.2.